The van der Waals surface area contributed by atoms with Crippen LogP contribution in [-0.2, 0) is 23.7 Å². The van der Waals surface area contributed by atoms with Crippen molar-refractivity contribution in [1.29, 1.82) is 0 Å². The first-order valence-electron chi connectivity index (χ1n) is 15.8. The summed E-state index contributed by atoms with van der Waals surface area (Å²) in [6.45, 7) is 6.50. The molecule has 0 radical (unpaired) electrons. The summed E-state index contributed by atoms with van der Waals surface area (Å²) in [5.41, 5.74) is 0. The van der Waals surface area contributed by atoms with Crippen LogP contribution in [-0.4, -0.2) is 63.9 Å². The van der Waals surface area contributed by atoms with E-state index in [0.717, 1.165) is 13.0 Å². The number of carboxylic acid groups (broad SMARTS) is 1. The molecule has 0 heterocycles. The second-order valence-corrected chi connectivity index (χ2v) is 10.3. The molecule has 0 aromatic carbocycles. The molecular formula is C31H62O6. The van der Waals surface area contributed by atoms with E-state index in [2.05, 4.69) is 6.92 Å². The van der Waals surface area contributed by atoms with Crippen molar-refractivity contribution in [3.05, 3.63) is 0 Å². The van der Waals surface area contributed by atoms with Crippen LogP contribution in [0.2, 0.25) is 0 Å². The Kier molecular flexibility index (Phi) is 32.7. The Morgan fingerprint density at radius 1 is 0.405 bits per heavy atom. The van der Waals surface area contributed by atoms with Crippen LogP contribution in [0, 0.1) is 0 Å². The van der Waals surface area contributed by atoms with Crippen molar-refractivity contribution in [3.63, 3.8) is 0 Å². The van der Waals surface area contributed by atoms with Crippen LogP contribution in [0.1, 0.15) is 142 Å². The number of aliphatic carboxylic acids is 1. The molecule has 0 aliphatic carbocycles. The molecule has 0 spiro atoms. The quantitative estimate of drug-likeness (QED) is 0.0859. The van der Waals surface area contributed by atoms with Gasteiger partial charge >= 0.3 is 5.97 Å². The number of rotatable bonds is 33. The van der Waals surface area contributed by atoms with Gasteiger partial charge in [-0.3, -0.25) is 4.79 Å². The van der Waals surface area contributed by atoms with Gasteiger partial charge in [0.05, 0.1) is 52.7 Å². The number of carbonyl (C=O) groups is 1. The molecule has 0 saturated carbocycles. The number of ether oxygens (including phenoxy) is 4. The number of carboxylic acids is 1. The molecule has 0 rings (SSSR count). The fourth-order valence-corrected chi connectivity index (χ4v) is 4.38. The highest BCUT2D eigenvalue weighted by molar-refractivity contribution is 5.66. The van der Waals surface area contributed by atoms with E-state index in [-0.39, 0.29) is 13.0 Å². The lowest BCUT2D eigenvalue weighted by atomic mass is 10.0. The second kappa shape index (κ2) is 33.3. The summed E-state index contributed by atoms with van der Waals surface area (Å²) in [6, 6.07) is 0. The second-order valence-electron chi connectivity index (χ2n) is 10.3. The lowest BCUT2D eigenvalue weighted by Crippen LogP contribution is -2.12. The molecule has 0 unspecified atom stereocenters. The van der Waals surface area contributed by atoms with E-state index in [1.54, 1.807) is 0 Å². The third kappa shape index (κ3) is 35.3. The van der Waals surface area contributed by atoms with Gasteiger partial charge in [-0.25, -0.2) is 0 Å². The van der Waals surface area contributed by atoms with Gasteiger partial charge in [-0.15, -0.1) is 0 Å². The maximum atomic E-state index is 10.3. The zero-order valence-corrected chi connectivity index (χ0v) is 24.5. The molecule has 0 saturated heterocycles. The van der Waals surface area contributed by atoms with Crippen molar-refractivity contribution in [2.75, 3.05) is 52.9 Å². The largest absolute Gasteiger partial charge is 0.481 e. The van der Waals surface area contributed by atoms with Crippen molar-refractivity contribution in [3.8, 4) is 0 Å². The zero-order valence-electron chi connectivity index (χ0n) is 24.5. The van der Waals surface area contributed by atoms with E-state index in [9.17, 15) is 4.79 Å². The van der Waals surface area contributed by atoms with Crippen LogP contribution < -0.4 is 0 Å². The molecule has 0 aliphatic heterocycles. The van der Waals surface area contributed by atoms with E-state index in [1.807, 2.05) is 0 Å². The van der Waals surface area contributed by atoms with Crippen LogP contribution in [0.5, 0.6) is 0 Å². The Morgan fingerprint density at radius 2 is 0.676 bits per heavy atom. The molecule has 0 atom stereocenters. The van der Waals surface area contributed by atoms with E-state index >= 15 is 0 Å². The van der Waals surface area contributed by atoms with Gasteiger partial charge in [-0.05, 0) is 6.42 Å². The third-order valence-electron chi connectivity index (χ3n) is 6.72. The Labute approximate surface area is 229 Å². The molecule has 222 valence electrons. The zero-order chi connectivity index (χ0) is 26.9. The maximum Gasteiger partial charge on any atom is 0.305 e. The fourth-order valence-electron chi connectivity index (χ4n) is 4.38. The molecule has 6 heteroatoms. The first-order chi connectivity index (χ1) is 18.3. The van der Waals surface area contributed by atoms with Crippen LogP contribution in [0.4, 0.5) is 0 Å². The van der Waals surface area contributed by atoms with Crippen molar-refractivity contribution in [2.24, 2.45) is 0 Å². The first kappa shape index (κ1) is 36.3. The summed E-state index contributed by atoms with van der Waals surface area (Å²) in [6.07, 6.45) is 28.1. The van der Waals surface area contributed by atoms with Crippen molar-refractivity contribution < 1.29 is 28.8 Å². The normalized spacial score (nSPS) is 11.4. The minimum absolute atomic E-state index is 0.0304. The van der Waals surface area contributed by atoms with Crippen molar-refractivity contribution >= 4 is 5.97 Å². The molecule has 37 heavy (non-hydrogen) atoms. The predicted octanol–water partition coefficient (Wildman–Crippen LogP) is 8.35. The molecule has 0 aromatic heterocycles. The fraction of sp³-hybridized carbons (Fsp3) is 0.968. The molecule has 0 aliphatic rings. The van der Waals surface area contributed by atoms with Gasteiger partial charge in [-0.1, -0.05) is 129 Å². The summed E-state index contributed by atoms with van der Waals surface area (Å²) < 4.78 is 21.6. The van der Waals surface area contributed by atoms with Gasteiger partial charge in [0.1, 0.15) is 0 Å². The van der Waals surface area contributed by atoms with Gasteiger partial charge in [0, 0.05) is 6.61 Å². The molecule has 0 amide bonds. The van der Waals surface area contributed by atoms with Crippen molar-refractivity contribution in [2.45, 2.75) is 142 Å². The molecule has 1 N–H and O–H groups in total. The van der Waals surface area contributed by atoms with Gasteiger partial charge in [0.15, 0.2) is 0 Å². The Bertz CT molecular complexity index is 432. The number of hydrogen-bond acceptors (Lipinski definition) is 5. The minimum atomic E-state index is -0.845. The van der Waals surface area contributed by atoms with E-state index in [1.165, 1.54) is 122 Å². The lowest BCUT2D eigenvalue weighted by molar-refractivity contribution is -0.138. The van der Waals surface area contributed by atoms with Gasteiger partial charge < -0.3 is 24.1 Å². The summed E-state index contributed by atoms with van der Waals surface area (Å²) in [5.74, 6) is -0.845. The highest BCUT2D eigenvalue weighted by Gasteiger charge is 1.98. The molecule has 6 nitrogen and oxygen atoms in total. The Balaban J connectivity index is 3.02. The smallest absolute Gasteiger partial charge is 0.305 e. The monoisotopic (exact) mass is 530 g/mol. The predicted molar refractivity (Wildman–Crippen MR) is 154 cm³/mol. The van der Waals surface area contributed by atoms with Crippen LogP contribution >= 0.6 is 0 Å². The summed E-state index contributed by atoms with van der Waals surface area (Å²) >= 11 is 0. The van der Waals surface area contributed by atoms with Gasteiger partial charge in [0.2, 0.25) is 0 Å². The highest BCUT2D eigenvalue weighted by Crippen LogP contribution is 2.14. The Morgan fingerprint density at radius 3 is 1.00 bits per heavy atom. The molecule has 0 aromatic rings. The summed E-state index contributed by atoms with van der Waals surface area (Å²) in [5, 5.41) is 8.49. The van der Waals surface area contributed by atoms with Gasteiger partial charge in [0.25, 0.3) is 0 Å². The third-order valence-corrected chi connectivity index (χ3v) is 6.72. The first-order valence-corrected chi connectivity index (χ1v) is 15.8. The van der Waals surface area contributed by atoms with Crippen LogP contribution in [0.25, 0.3) is 0 Å². The molecule has 0 bridgehead atoms. The molecule has 0 fully saturated rings. The Hall–Kier alpha value is -0.690. The average molecular weight is 531 g/mol. The maximum absolute atomic E-state index is 10.3. The summed E-state index contributed by atoms with van der Waals surface area (Å²) in [4.78, 5) is 10.3. The highest BCUT2D eigenvalue weighted by atomic mass is 16.6. The number of hydrogen-bond donors (Lipinski definition) is 1. The van der Waals surface area contributed by atoms with E-state index in [4.69, 9.17) is 24.1 Å². The van der Waals surface area contributed by atoms with Crippen molar-refractivity contribution in [1.82, 2.24) is 0 Å². The van der Waals surface area contributed by atoms with Crippen LogP contribution in [0.15, 0.2) is 0 Å². The van der Waals surface area contributed by atoms with Gasteiger partial charge in [-0.2, -0.15) is 0 Å². The minimum Gasteiger partial charge on any atom is -0.481 e. The van der Waals surface area contributed by atoms with Crippen LogP contribution in [0.3, 0.4) is 0 Å². The molecular weight excluding hydrogens is 468 g/mol. The SMILES string of the molecule is CCCCCCCCCCCCCCCCCCCCCCOCCOCCOCCOCCC(=O)O. The van der Waals surface area contributed by atoms with E-state index < -0.39 is 5.97 Å². The lowest BCUT2D eigenvalue weighted by Gasteiger charge is -2.07. The average Bonchev–Trinajstić information content (AvgIpc) is 2.89. The summed E-state index contributed by atoms with van der Waals surface area (Å²) in [7, 11) is 0. The topological polar surface area (TPSA) is 74.2 Å². The standard InChI is InChI=1S/C31H62O6/c1-2-3-4-5-6-7-8-9-10-11-12-13-14-15-16-17-18-19-20-21-23-34-25-27-36-29-30-37-28-26-35-24-22-31(32)33/h2-30H2,1H3,(H,32,33). The number of unbranched alkanes of at least 4 members (excludes halogenated alkanes) is 19. The van der Waals surface area contributed by atoms with E-state index in [0.29, 0.717) is 39.6 Å².